The molecule has 1 rings (SSSR count). The predicted octanol–water partition coefficient (Wildman–Crippen LogP) is 0.105. The monoisotopic (exact) mass is 240 g/mol. The second-order valence-corrected chi connectivity index (χ2v) is 4.12. The van der Waals surface area contributed by atoms with Crippen LogP contribution in [0, 0.1) is 13.8 Å². The smallest absolute Gasteiger partial charge is 0.328 e. The van der Waals surface area contributed by atoms with Gasteiger partial charge in [-0.1, -0.05) is 0 Å². The number of aromatic amines is 1. The summed E-state index contributed by atoms with van der Waals surface area (Å²) in [4.78, 5) is 34.6. The van der Waals surface area contributed by atoms with Gasteiger partial charge in [0.2, 0.25) is 0 Å². The lowest BCUT2D eigenvalue weighted by Crippen LogP contribution is -2.36. The van der Waals surface area contributed by atoms with Crippen molar-refractivity contribution in [2.24, 2.45) is 0 Å². The molecule has 0 aliphatic carbocycles. The molecule has 0 fully saturated rings. The van der Waals surface area contributed by atoms with E-state index in [1.165, 1.54) is 0 Å². The highest BCUT2D eigenvalue weighted by Gasteiger charge is 2.12. The fraction of sp³-hybridized carbons (Fsp3) is 0.545. The van der Waals surface area contributed by atoms with E-state index in [1.807, 2.05) is 0 Å². The van der Waals surface area contributed by atoms with Gasteiger partial charge in [0.15, 0.2) is 0 Å². The van der Waals surface area contributed by atoms with Crippen molar-refractivity contribution < 1.29 is 9.53 Å². The van der Waals surface area contributed by atoms with Gasteiger partial charge in [-0.25, -0.2) is 4.68 Å². The van der Waals surface area contributed by atoms with E-state index in [-0.39, 0.29) is 23.8 Å². The fourth-order valence-electron chi connectivity index (χ4n) is 1.33. The van der Waals surface area contributed by atoms with Gasteiger partial charge in [0.05, 0.1) is 6.10 Å². The Labute approximate surface area is 98.2 Å². The second kappa shape index (κ2) is 4.99. The fourth-order valence-corrected chi connectivity index (χ4v) is 1.33. The van der Waals surface area contributed by atoms with Crippen LogP contribution in [0.2, 0.25) is 0 Å². The first-order valence-electron chi connectivity index (χ1n) is 5.32. The van der Waals surface area contributed by atoms with E-state index < -0.39 is 5.97 Å². The summed E-state index contributed by atoms with van der Waals surface area (Å²) in [6.45, 7) is 6.25. The van der Waals surface area contributed by atoms with Crippen LogP contribution < -0.4 is 11.1 Å². The quantitative estimate of drug-likeness (QED) is 0.760. The third kappa shape index (κ3) is 3.05. The van der Waals surface area contributed by atoms with E-state index >= 15 is 0 Å². The molecule has 0 saturated carbocycles. The van der Waals surface area contributed by atoms with Crippen molar-refractivity contribution in [2.45, 2.75) is 40.3 Å². The molecular formula is C11H16N2O4. The van der Waals surface area contributed by atoms with Gasteiger partial charge in [-0.15, -0.1) is 0 Å². The molecule has 0 unspecified atom stereocenters. The summed E-state index contributed by atoms with van der Waals surface area (Å²) < 4.78 is 5.87. The maximum Gasteiger partial charge on any atom is 0.328 e. The molecule has 0 bridgehead atoms. The normalized spacial score (nSPS) is 10.6. The number of esters is 1. The maximum atomic E-state index is 11.7. The highest BCUT2D eigenvalue weighted by atomic mass is 16.5. The Morgan fingerprint density at radius 1 is 1.29 bits per heavy atom. The molecule has 6 nitrogen and oxygen atoms in total. The number of rotatable bonds is 3. The summed E-state index contributed by atoms with van der Waals surface area (Å²) in [7, 11) is 0. The second-order valence-electron chi connectivity index (χ2n) is 4.12. The van der Waals surface area contributed by atoms with Gasteiger partial charge in [-0.05, 0) is 27.7 Å². The van der Waals surface area contributed by atoms with Gasteiger partial charge in [0, 0.05) is 11.1 Å². The van der Waals surface area contributed by atoms with Crippen molar-refractivity contribution in [3.8, 4) is 0 Å². The first-order valence-corrected chi connectivity index (χ1v) is 5.32. The van der Waals surface area contributed by atoms with E-state index in [2.05, 4.69) is 5.10 Å². The van der Waals surface area contributed by atoms with Crippen molar-refractivity contribution in [1.82, 2.24) is 9.78 Å². The van der Waals surface area contributed by atoms with Crippen LogP contribution in [0.4, 0.5) is 0 Å². The lowest BCUT2D eigenvalue weighted by molar-refractivity contribution is -0.148. The Balaban J connectivity index is 3.05. The summed E-state index contributed by atoms with van der Waals surface area (Å²) >= 11 is 0. The minimum atomic E-state index is -0.555. The molecule has 0 aliphatic rings. The van der Waals surface area contributed by atoms with Crippen molar-refractivity contribution in [3.63, 3.8) is 0 Å². The predicted molar refractivity (Wildman–Crippen MR) is 62.0 cm³/mol. The molecule has 0 atom stereocenters. The molecule has 0 saturated heterocycles. The highest BCUT2D eigenvalue weighted by Crippen LogP contribution is 1.93. The molecule has 6 heteroatoms. The Hall–Kier alpha value is -1.85. The topological polar surface area (TPSA) is 81.2 Å². The molecule has 1 N–H and O–H groups in total. The number of H-pyrrole nitrogens is 1. The van der Waals surface area contributed by atoms with Gasteiger partial charge in [0.25, 0.3) is 11.1 Å². The minimum absolute atomic E-state index is 0.253. The van der Waals surface area contributed by atoms with Crippen LogP contribution in [0.1, 0.15) is 25.0 Å². The zero-order chi connectivity index (χ0) is 13.2. The van der Waals surface area contributed by atoms with E-state index in [0.29, 0.717) is 11.1 Å². The van der Waals surface area contributed by atoms with Gasteiger partial charge in [0.1, 0.15) is 6.54 Å². The van der Waals surface area contributed by atoms with Crippen LogP contribution in [0.5, 0.6) is 0 Å². The molecule has 1 heterocycles. The van der Waals surface area contributed by atoms with E-state index in [0.717, 1.165) is 4.68 Å². The molecule has 17 heavy (non-hydrogen) atoms. The maximum absolute atomic E-state index is 11.7. The van der Waals surface area contributed by atoms with Crippen LogP contribution >= 0.6 is 0 Å². The Kier molecular flexibility index (Phi) is 3.88. The van der Waals surface area contributed by atoms with Crippen LogP contribution in [-0.2, 0) is 16.1 Å². The number of hydrogen-bond acceptors (Lipinski definition) is 4. The van der Waals surface area contributed by atoms with Gasteiger partial charge in [-0.2, -0.15) is 0 Å². The van der Waals surface area contributed by atoms with Crippen molar-refractivity contribution in [1.29, 1.82) is 0 Å². The van der Waals surface area contributed by atoms with Crippen LogP contribution in [0.3, 0.4) is 0 Å². The lowest BCUT2D eigenvalue weighted by Gasteiger charge is -2.10. The molecule has 0 aliphatic heterocycles. The Bertz CT molecular complexity index is 539. The highest BCUT2D eigenvalue weighted by molar-refractivity contribution is 5.69. The summed E-state index contributed by atoms with van der Waals surface area (Å²) in [6, 6.07) is 0. The Morgan fingerprint density at radius 2 is 1.88 bits per heavy atom. The largest absolute Gasteiger partial charge is 0.462 e. The zero-order valence-corrected chi connectivity index (χ0v) is 10.4. The van der Waals surface area contributed by atoms with Crippen molar-refractivity contribution >= 4 is 5.97 Å². The van der Waals surface area contributed by atoms with Gasteiger partial charge >= 0.3 is 5.97 Å². The number of nitrogens with one attached hydrogen (secondary N) is 1. The van der Waals surface area contributed by atoms with Gasteiger partial charge < -0.3 is 4.74 Å². The third-order valence-corrected chi connectivity index (χ3v) is 2.36. The summed E-state index contributed by atoms with van der Waals surface area (Å²) in [6.07, 6.45) is -0.253. The molecule has 0 amide bonds. The standard InChI is InChI=1S/C11H16N2O4/c1-6(2)17-9(14)5-13-11(16)8(4)7(3)10(15)12-13/h6H,5H2,1-4H3,(H,12,15). The van der Waals surface area contributed by atoms with E-state index in [4.69, 9.17) is 4.74 Å². The number of ether oxygens (including phenoxy) is 1. The third-order valence-electron chi connectivity index (χ3n) is 2.36. The van der Waals surface area contributed by atoms with Crippen LogP contribution in [0.15, 0.2) is 9.59 Å². The average Bonchev–Trinajstić information content (AvgIpc) is 2.21. The van der Waals surface area contributed by atoms with E-state index in [9.17, 15) is 14.4 Å². The molecule has 0 radical (unpaired) electrons. The van der Waals surface area contributed by atoms with Crippen molar-refractivity contribution in [3.05, 3.63) is 31.8 Å². The number of hydrogen-bond donors (Lipinski definition) is 1. The van der Waals surface area contributed by atoms with E-state index in [1.54, 1.807) is 27.7 Å². The summed E-state index contributed by atoms with van der Waals surface area (Å²) in [5.74, 6) is -0.555. The number of carbonyl (C=O) groups is 1. The molecule has 0 spiro atoms. The lowest BCUT2D eigenvalue weighted by atomic mass is 10.2. The number of aromatic nitrogens is 2. The first-order chi connectivity index (χ1) is 7.82. The first kappa shape index (κ1) is 13.2. The molecular weight excluding hydrogens is 224 g/mol. The SMILES string of the molecule is Cc1c(C)c(=O)n(CC(=O)OC(C)C)[nH]c1=O. The molecule has 1 aromatic heterocycles. The molecule has 0 aromatic carbocycles. The summed E-state index contributed by atoms with van der Waals surface area (Å²) in [5, 5.41) is 2.34. The average molecular weight is 240 g/mol. The summed E-state index contributed by atoms with van der Waals surface area (Å²) in [5.41, 5.74) is -0.0585. The minimum Gasteiger partial charge on any atom is -0.462 e. The molecule has 1 aromatic rings. The zero-order valence-electron chi connectivity index (χ0n) is 10.4. The Morgan fingerprint density at radius 3 is 2.41 bits per heavy atom. The van der Waals surface area contributed by atoms with Crippen LogP contribution in [0.25, 0.3) is 0 Å². The van der Waals surface area contributed by atoms with Crippen molar-refractivity contribution in [2.75, 3.05) is 0 Å². The van der Waals surface area contributed by atoms with Gasteiger partial charge in [-0.3, -0.25) is 19.5 Å². The number of nitrogens with zero attached hydrogens (tertiary/aromatic N) is 1. The number of carbonyl (C=O) groups excluding carboxylic acids is 1. The molecule has 94 valence electrons. The van der Waals surface area contributed by atoms with Crippen LogP contribution in [-0.4, -0.2) is 21.9 Å².